The van der Waals surface area contributed by atoms with Crippen molar-refractivity contribution in [1.29, 1.82) is 0 Å². The van der Waals surface area contributed by atoms with Crippen molar-refractivity contribution in [3.05, 3.63) is 22.9 Å². The summed E-state index contributed by atoms with van der Waals surface area (Å²) >= 11 is 1.78. The van der Waals surface area contributed by atoms with Crippen LogP contribution >= 0.6 is 11.3 Å². The maximum absolute atomic E-state index is 10.2. The fourth-order valence-electron chi connectivity index (χ4n) is 7.69. The highest BCUT2D eigenvalue weighted by atomic mass is 32.1. The molecule has 0 aliphatic heterocycles. The van der Waals surface area contributed by atoms with Crippen LogP contribution in [0.5, 0.6) is 5.06 Å². The van der Waals surface area contributed by atoms with Crippen LogP contribution in [0.25, 0.3) is 0 Å². The number of hydrogen-bond acceptors (Lipinski definition) is 4. The largest absolute Gasteiger partial charge is 0.483 e. The summed E-state index contributed by atoms with van der Waals surface area (Å²) in [4.78, 5) is 4.80. The molecule has 4 aliphatic rings. The molecule has 154 valence electrons. The molecule has 0 amide bonds. The molecule has 1 aromatic heterocycles. The van der Waals surface area contributed by atoms with Gasteiger partial charge in [-0.1, -0.05) is 36.8 Å². The number of aliphatic hydroxyl groups is 1. The molecule has 5 rings (SSSR count). The van der Waals surface area contributed by atoms with Gasteiger partial charge in [-0.2, -0.15) is 0 Å². The summed E-state index contributed by atoms with van der Waals surface area (Å²) in [6, 6.07) is 0. The van der Waals surface area contributed by atoms with Gasteiger partial charge in [0.15, 0.2) is 5.06 Å². The predicted molar refractivity (Wildman–Crippen MR) is 114 cm³/mol. The van der Waals surface area contributed by atoms with Gasteiger partial charge < -0.3 is 9.84 Å². The standard InChI is InChI=1S/C24H35NO2S/c1-4-27-21-14-25-22(28-21)20-8-7-18-17-6-5-15-13-16(26)9-11-23(15,2)19(17)10-12-24(18,20)3/h5,14,16-20,26H,4,6-13H2,1-3H3/t16-,17-,18?,19?,20+,23-,24-/m0/s1. The maximum Gasteiger partial charge on any atom is 0.194 e. The molecule has 0 radical (unpaired) electrons. The normalized spacial score (nSPS) is 45.0. The van der Waals surface area contributed by atoms with Gasteiger partial charge in [0.2, 0.25) is 0 Å². The number of fused-ring (bicyclic) bond motifs is 5. The van der Waals surface area contributed by atoms with Gasteiger partial charge >= 0.3 is 0 Å². The van der Waals surface area contributed by atoms with Crippen molar-refractivity contribution in [3.63, 3.8) is 0 Å². The highest BCUT2D eigenvalue weighted by Crippen LogP contribution is 2.68. The van der Waals surface area contributed by atoms with Crippen LogP contribution in [-0.2, 0) is 0 Å². The fraction of sp³-hybridized carbons (Fsp3) is 0.792. The topological polar surface area (TPSA) is 42.4 Å². The molecule has 0 aromatic carbocycles. The summed E-state index contributed by atoms with van der Waals surface area (Å²) in [5.41, 5.74) is 2.30. The Labute approximate surface area is 173 Å². The van der Waals surface area contributed by atoms with Gasteiger partial charge in [-0.15, -0.1) is 0 Å². The van der Waals surface area contributed by atoms with E-state index in [2.05, 4.69) is 19.9 Å². The summed E-state index contributed by atoms with van der Waals surface area (Å²) in [5.74, 6) is 3.05. The van der Waals surface area contributed by atoms with E-state index in [9.17, 15) is 5.11 Å². The molecule has 3 nitrogen and oxygen atoms in total. The van der Waals surface area contributed by atoms with Gasteiger partial charge in [0.1, 0.15) is 0 Å². The smallest absolute Gasteiger partial charge is 0.194 e. The lowest BCUT2D eigenvalue weighted by Crippen LogP contribution is -2.50. The Morgan fingerprint density at radius 1 is 1.18 bits per heavy atom. The summed E-state index contributed by atoms with van der Waals surface area (Å²) < 4.78 is 5.71. The van der Waals surface area contributed by atoms with Crippen molar-refractivity contribution >= 4 is 11.3 Å². The van der Waals surface area contributed by atoms with Crippen LogP contribution in [0.2, 0.25) is 0 Å². The van der Waals surface area contributed by atoms with E-state index in [0.29, 0.717) is 16.7 Å². The lowest BCUT2D eigenvalue weighted by atomic mass is 9.47. The Hall–Kier alpha value is -0.870. The summed E-state index contributed by atoms with van der Waals surface area (Å²) in [5, 5.41) is 12.5. The Balaban J connectivity index is 1.42. The number of ether oxygens (including phenoxy) is 1. The van der Waals surface area contributed by atoms with E-state index in [1.807, 2.05) is 13.1 Å². The first-order chi connectivity index (χ1) is 13.5. The highest BCUT2D eigenvalue weighted by molar-refractivity contribution is 7.13. The number of rotatable bonds is 3. The van der Waals surface area contributed by atoms with Gasteiger partial charge in [-0.3, -0.25) is 0 Å². The first-order valence-electron chi connectivity index (χ1n) is 11.4. The van der Waals surface area contributed by atoms with E-state index < -0.39 is 0 Å². The first-order valence-corrected chi connectivity index (χ1v) is 12.2. The van der Waals surface area contributed by atoms with E-state index >= 15 is 0 Å². The van der Waals surface area contributed by atoms with Gasteiger partial charge in [0.25, 0.3) is 0 Å². The van der Waals surface area contributed by atoms with Gasteiger partial charge in [0.05, 0.1) is 23.9 Å². The zero-order chi connectivity index (χ0) is 19.5. The Morgan fingerprint density at radius 2 is 2.04 bits per heavy atom. The van der Waals surface area contributed by atoms with Crippen molar-refractivity contribution in [2.24, 2.45) is 28.6 Å². The van der Waals surface area contributed by atoms with E-state index in [0.717, 1.165) is 42.3 Å². The molecule has 1 aromatic rings. The maximum atomic E-state index is 10.2. The predicted octanol–water partition coefficient (Wildman–Crippen LogP) is 5.95. The summed E-state index contributed by atoms with van der Waals surface area (Å²) in [6.45, 7) is 7.85. The Kier molecular flexibility index (Phi) is 4.67. The third-order valence-corrected chi connectivity index (χ3v) is 10.2. The zero-order valence-electron chi connectivity index (χ0n) is 17.6. The second kappa shape index (κ2) is 6.84. The third-order valence-electron chi connectivity index (χ3n) is 9.16. The molecule has 0 bridgehead atoms. The highest BCUT2D eigenvalue weighted by Gasteiger charge is 2.59. The number of allylic oxidation sites excluding steroid dienone is 1. The number of aromatic nitrogens is 1. The van der Waals surface area contributed by atoms with Gasteiger partial charge in [-0.25, -0.2) is 4.98 Å². The molecule has 4 aliphatic carbocycles. The lowest BCUT2D eigenvalue weighted by Gasteiger charge is -2.58. The van der Waals surface area contributed by atoms with Crippen LogP contribution in [0.1, 0.15) is 83.1 Å². The van der Waals surface area contributed by atoms with Crippen LogP contribution in [0.4, 0.5) is 0 Å². The number of aliphatic hydroxyl groups excluding tert-OH is 1. The molecule has 1 N–H and O–H groups in total. The monoisotopic (exact) mass is 401 g/mol. The number of thiazole rings is 1. The van der Waals surface area contributed by atoms with Crippen molar-refractivity contribution in [1.82, 2.24) is 4.98 Å². The van der Waals surface area contributed by atoms with Crippen LogP contribution in [0, 0.1) is 28.6 Å². The zero-order valence-corrected chi connectivity index (χ0v) is 18.4. The van der Waals surface area contributed by atoms with Crippen LogP contribution in [0.3, 0.4) is 0 Å². The molecular weight excluding hydrogens is 366 g/mol. The third kappa shape index (κ3) is 2.74. The molecule has 28 heavy (non-hydrogen) atoms. The summed E-state index contributed by atoms with van der Waals surface area (Å²) in [7, 11) is 0. The molecule has 3 fully saturated rings. The van der Waals surface area contributed by atoms with Crippen molar-refractivity contribution in [3.8, 4) is 5.06 Å². The van der Waals surface area contributed by atoms with E-state index in [4.69, 9.17) is 9.72 Å². The first kappa shape index (κ1) is 19.1. The minimum Gasteiger partial charge on any atom is -0.483 e. The quantitative estimate of drug-likeness (QED) is 0.637. The summed E-state index contributed by atoms with van der Waals surface area (Å²) in [6.07, 6.45) is 14.0. The molecule has 7 atom stereocenters. The molecule has 0 saturated heterocycles. The Morgan fingerprint density at radius 3 is 2.86 bits per heavy atom. The average molecular weight is 402 g/mol. The van der Waals surface area contributed by atoms with E-state index in [1.54, 1.807) is 16.9 Å². The molecule has 2 unspecified atom stereocenters. The molecule has 3 saturated carbocycles. The second-order valence-electron chi connectivity index (χ2n) is 10.3. The van der Waals surface area contributed by atoms with Gasteiger partial charge in [-0.05, 0) is 86.9 Å². The molecule has 1 heterocycles. The molecular formula is C24H35NO2S. The molecule has 4 heteroatoms. The van der Waals surface area contributed by atoms with Crippen LogP contribution in [-0.4, -0.2) is 22.8 Å². The van der Waals surface area contributed by atoms with Crippen molar-refractivity contribution in [2.45, 2.75) is 84.2 Å². The average Bonchev–Trinajstić information content (AvgIpc) is 3.26. The Bertz CT molecular complexity index is 772. The second-order valence-corrected chi connectivity index (χ2v) is 11.3. The fourth-order valence-corrected chi connectivity index (χ4v) is 8.81. The van der Waals surface area contributed by atoms with Gasteiger partial charge in [0, 0.05) is 5.92 Å². The van der Waals surface area contributed by atoms with Crippen molar-refractivity contribution < 1.29 is 9.84 Å². The van der Waals surface area contributed by atoms with E-state index in [1.165, 1.54) is 43.5 Å². The SMILES string of the molecule is CCOc1cnc([C@H]2CCC3[C@@H]4CC=C5C[C@@H](O)CC[C@]5(C)C4CC[C@@]32C)s1. The molecule has 0 spiro atoms. The van der Waals surface area contributed by atoms with Crippen molar-refractivity contribution in [2.75, 3.05) is 6.61 Å². The number of hydrogen-bond donors (Lipinski definition) is 1. The van der Waals surface area contributed by atoms with Crippen LogP contribution in [0.15, 0.2) is 17.8 Å². The lowest BCUT2D eigenvalue weighted by molar-refractivity contribution is -0.0409. The number of nitrogens with zero attached hydrogens (tertiary/aromatic N) is 1. The van der Waals surface area contributed by atoms with Crippen LogP contribution < -0.4 is 4.74 Å². The van der Waals surface area contributed by atoms with E-state index in [-0.39, 0.29) is 6.10 Å². The minimum absolute atomic E-state index is 0.106. The minimum atomic E-state index is -0.106.